The molecular weight excluding hydrogens is 430 g/mol. The number of amides is 2. The number of aromatic amines is 1. The first kappa shape index (κ1) is 21.7. The molecular formula is C23H24ClN5O3. The molecule has 3 N–H and O–H groups in total. The number of carbonyl (C=O) groups excluding carboxylic acids is 1. The van der Waals surface area contributed by atoms with Gasteiger partial charge in [0.25, 0.3) is 0 Å². The van der Waals surface area contributed by atoms with Crippen LogP contribution in [-0.4, -0.2) is 42.2 Å². The molecule has 1 fully saturated rings. The topological polar surface area (TPSA) is 99.4 Å². The van der Waals surface area contributed by atoms with Gasteiger partial charge in [0, 0.05) is 47.5 Å². The molecule has 2 atom stereocenters. The third-order valence-corrected chi connectivity index (χ3v) is 5.75. The smallest absolute Gasteiger partial charge is 0.319 e. The van der Waals surface area contributed by atoms with Gasteiger partial charge in [-0.2, -0.15) is 0 Å². The zero-order chi connectivity index (χ0) is 22.5. The quantitative estimate of drug-likeness (QED) is 0.548. The van der Waals surface area contributed by atoms with Crippen LogP contribution in [0, 0.1) is 0 Å². The molecule has 3 heterocycles. The molecule has 0 aliphatic carbocycles. The van der Waals surface area contributed by atoms with Crippen LogP contribution in [0.1, 0.15) is 18.0 Å². The Morgan fingerprint density at radius 3 is 2.69 bits per heavy atom. The summed E-state index contributed by atoms with van der Waals surface area (Å²) in [5, 5.41) is 6.54. The van der Waals surface area contributed by atoms with Gasteiger partial charge in [0.05, 0.1) is 13.3 Å². The number of urea groups is 1. The van der Waals surface area contributed by atoms with E-state index in [-0.39, 0.29) is 23.6 Å². The van der Waals surface area contributed by atoms with Crippen molar-refractivity contribution in [3.8, 4) is 5.75 Å². The summed E-state index contributed by atoms with van der Waals surface area (Å²) in [5.41, 5.74) is 1.35. The molecule has 4 rings (SSSR count). The Hall–Kier alpha value is -3.52. The number of halogens is 1. The van der Waals surface area contributed by atoms with Gasteiger partial charge in [0.15, 0.2) is 0 Å². The first-order valence-electron chi connectivity index (χ1n) is 10.3. The van der Waals surface area contributed by atoms with Gasteiger partial charge < -0.3 is 25.3 Å². The Bertz CT molecular complexity index is 1120. The minimum absolute atomic E-state index is 0.0886. The van der Waals surface area contributed by atoms with Crippen LogP contribution in [0.3, 0.4) is 0 Å². The molecule has 0 unspecified atom stereocenters. The first-order chi connectivity index (χ1) is 15.5. The van der Waals surface area contributed by atoms with Crippen molar-refractivity contribution < 1.29 is 9.53 Å². The van der Waals surface area contributed by atoms with Crippen molar-refractivity contribution in [3.05, 3.63) is 81.9 Å². The fourth-order valence-electron chi connectivity index (χ4n) is 3.86. The highest BCUT2D eigenvalue weighted by Crippen LogP contribution is 2.29. The van der Waals surface area contributed by atoms with Crippen LogP contribution in [0.2, 0.25) is 5.02 Å². The highest BCUT2D eigenvalue weighted by molar-refractivity contribution is 6.30. The van der Waals surface area contributed by atoms with Gasteiger partial charge in [-0.1, -0.05) is 17.7 Å². The standard InChI is InChI=1S/C23H24ClN5O3/c1-32-17-9-10-19(25-13-17)18-14-29(21-3-2-4-22(30)28-21)12-11-20(18)27-23(31)26-16-7-5-15(24)6-8-16/h2-10,13,18,20H,11-12,14H2,1H3,(H,28,30)(H2,26,27,31)/t18-,20+/m0/s1. The average molecular weight is 454 g/mol. The minimum Gasteiger partial charge on any atom is -0.495 e. The van der Waals surface area contributed by atoms with E-state index >= 15 is 0 Å². The third kappa shape index (κ3) is 5.20. The van der Waals surface area contributed by atoms with Gasteiger partial charge in [-0.05, 0) is 48.9 Å². The molecule has 1 aromatic carbocycles. The van der Waals surface area contributed by atoms with E-state index in [0.717, 1.165) is 11.5 Å². The Kier molecular flexibility index (Phi) is 6.61. The van der Waals surface area contributed by atoms with Crippen LogP contribution in [0.5, 0.6) is 5.75 Å². The van der Waals surface area contributed by atoms with Crippen molar-refractivity contribution in [3.63, 3.8) is 0 Å². The number of benzene rings is 1. The number of hydrogen-bond acceptors (Lipinski definition) is 5. The predicted molar refractivity (Wildman–Crippen MR) is 125 cm³/mol. The summed E-state index contributed by atoms with van der Waals surface area (Å²) < 4.78 is 5.22. The van der Waals surface area contributed by atoms with E-state index in [9.17, 15) is 9.59 Å². The first-order valence-corrected chi connectivity index (χ1v) is 10.7. The fraction of sp³-hybridized carbons (Fsp3) is 0.261. The average Bonchev–Trinajstić information content (AvgIpc) is 2.81. The molecule has 9 heteroatoms. The molecule has 1 saturated heterocycles. The van der Waals surface area contributed by atoms with E-state index in [1.54, 1.807) is 43.6 Å². The van der Waals surface area contributed by atoms with E-state index in [0.29, 0.717) is 36.0 Å². The van der Waals surface area contributed by atoms with Crippen LogP contribution in [0.4, 0.5) is 16.3 Å². The number of ether oxygens (including phenoxy) is 1. The number of rotatable bonds is 5. The number of nitrogens with zero attached hydrogens (tertiary/aromatic N) is 2. The molecule has 1 aliphatic rings. The maximum Gasteiger partial charge on any atom is 0.319 e. The van der Waals surface area contributed by atoms with Gasteiger partial charge in [0.2, 0.25) is 5.56 Å². The number of hydrogen-bond donors (Lipinski definition) is 3. The normalized spacial score (nSPS) is 18.1. The Labute approximate surface area is 190 Å². The highest BCUT2D eigenvalue weighted by atomic mass is 35.5. The second kappa shape index (κ2) is 9.74. The summed E-state index contributed by atoms with van der Waals surface area (Å²) in [6.45, 7) is 1.27. The summed E-state index contributed by atoms with van der Waals surface area (Å²) in [7, 11) is 1.59. The molecule has 3 aromatic rings. The second-order valence-corrected chi connectivity index (χ2v) is 8.01. The van der Waals surface area contributed by atoms with E-state index in [1.165, 1.54) is 6.07 Å². The number of methoxy groups -OCH3 is 1. The molecule has 166 valence electrons. The number of anilines is 2. The lowest BCUT2D eigenvalue weighted by atomic mass is 9.88. The Balaban J connectivity index is 1.53. The molecule has 0 bridgehead atoms. The molecule has 1 aliphatic heterocycles. The van der Waals surface area contributed by atoms with E-state index in [4.69, 9.17) is 16.3 Å². The van der Waals surface area contributed by atoms with Crippen LogP contribution in [0.15, 0.2) is 65.6 Å². The summed E-state index contributed by atoms with van der Waals surface area (Å²) in [6, 6.07) is 15.4. The van der Waals surface area contributed by atoms with E-state index in [1.807, 2.05) is 18.2 Å². The van der Waals surface area contributed by atoms with Crippen LogP contribution < -0.4 is 25.8 Å². The van der Waals surface area contributed by atoms with Crippen molar-refractivity contribution in [1.29, 1.82) is 0 Å². The van der Waals surface area contributed by atoms with Crippen molar-refractivity contribution in [1.82, 2.24) is 15.3 Å². The van der Waals surface area contributed by atoms with Crippen molar-refractivity contribution >= 4 is 29.1 Å². The van der Waals surface area contributed by atoms with Crippen molar-refractivity contribution in [2.75, 3.05) is 30.4 Å². The van der Waals surface area contributed by atoms with Crippen LogP contribution in [0.25, 0.3) is 0 Å². The number of H-pyrrole nitrogens is 1. The molecule has 0 spiro atoms. The van der Waals surface area contributed by atoms with Gasteiger partial charge >= 0.3 is 6.03 Å². The highest BCUT2D eigenvalue weighted by Gasteiger charge is 2.33. The molecule has 32 heavy (non-hydrogen) atoms. The van der Waals surface area contributed by atoms with Crippen molar-refractivity contribution in [2.24, 2.45) is 0 Å². The minimum atomic E-state index is -0.294. The molecule has 0 saturated carbocycles. The van der Waals surface area contributed by atoms with E-state index in [2.05, 4.69) is 25.5 Å². The zero-order valence-corrected chi connectivity index (χ0v) is 18.3. The largest absolute Gasteiger partial charge is 0.495 e. The van der Waals surface area contributed by atoms with Crippen LogP contribution in [-0.2, 0) is 0 Å². The SMILES string of the molecule is COc1ccc([C@@H]2CN(c3cccc(=O)[nH]3)CC[C@H]2NC(=O)Nc2ccc(Cl)cc2)nc1. The third-order valence-electron chi connectivity index (χ3n) is 5.50. The predicted octanol–water partition coefficient (Wildman–Crippen LogP) is 3.62. The maximum absolute atomic E-state index is 12.7. The summed E-state index contributed by atoms with van der Waals surface area (Å²) in [4.78, 5) is 34.0. The monoisotopic (exact) mass is 453 g/mol. The fourth-order valence-corrected chi connectivity index (χ4v) is 3.99. The summed E-state index contributed by atoms with van der Waals surface area (Å²) in [5.74, 6) is 1.33. The van der Waals surface area contributed by atoms with Crippen molar-refractivity contribution in [2.45, 2.75) is 18.4 Å². The Morgan fingerprint density at radius 1 is 1.19 bits per heavy atom. The molecule has 2 aromatic heterocycles. The number of carbonyl (C=O) groups is 1. The summed E-state index contributed by atoms with van der Waals surface area (Å²) >= 11 is 5.92. The number of nitrogens with one attached hydrogen (secondary N) is 3. The zero-order valence-electron chi connectivity index (χ0n) is 17.5. The molecule has 8 nitrogen and oxygen atoms in total. The number of piperidine rings is 1. The lowest BCUT2D eigenvalue weighted by Gasteiger charge is -2.39. The van der Waals surface area contributed by atoms with Crippen LogP contribution >= 0.6 is 11.6 Å². The van der Waals surface area contributed by atoms with Gasteiger partial charge in [-0.25, -0.2) is 4.79 Å². The summed E-state index contributed by atoms with van der Waals surface area (Å²) in [6.07, 6.45) is 2.35. The van der Waals surface area contributed by atoms with Gasteiger partial charge in [-0.15, -0.1) is 0 Å². The lowest BCUT2D eigenvalue weighted by Crippen LogP contribution is -2.51. The number of pyridine rings is 2. The molecule has 2 amide bonds. The Morgan fingerprint density at radius 2 is 2.00 bits per heavy atom. The maximum atomic E-state index is 12.7. The van der Waals surface area contributed by atoms with E-state index < -0.39 is 0 Å². The lowest BCUT2D eigenvalue weighted by molar-refractivity contribution is 0.243. The second-order valence-electron chi connectivity index (χ2n) is 7.58. The van der Waals surface area contributed by atoms with Gasteiger partial charge in [-0.3, -0.25) is 9.78 Å². The molecule has 0 radical (unpaired) electrons. The van der Waals surface area contributed by atoms with Gasteiger partial charge in [0.1, 0.15) is 11.6 Å². The number of aromatic nitrogens is 2.